The molecule has 0 aliphatic carbocycles. The first kappa shape index (κ1) is 22.2. The summed E-state index contributed by atoms with van der Waals surface area (Å²) in [6.07, 6.45) is 3.09. The van der Waals surface area contributed by atoms with E-state index in [-0.39, 0.29) is 24.0 Å². The van der Waals surface area contributed by atoms with E-state index >= 15 is 0 Å². The molecule has 2 bridgehead atoms. The lowest BCUT2D eigenvalue weighted by molar-refractivity contribution is 0.182. The average Bonchev–Trinajstić information content (AvgIpc) is 3.33. The zero-order chi connectivity index (χ0) is 24.2. The molecule has 0 spiro atoms. The van der Waals surface area contributed by atoms with E-state index in [2.05, 4.69) is 26.9 Å². The molecular formula is C23H27N9O2S. The van der Waals surface area contributed by atoms with Crippen LogP contribution in [0.25, 0.3) is 10.9 Å². The number of H-pyrrole nitrogens is 1. The number of aromatic amines is 1. The van der Waals surface area contributed by atoms with Crippen molar-refractivity contribution in [1.29, 1.82) is 5.26 Å². The van der Waals surface area contributed by atoms with E-state index in [9.17, 15) is 8.42 Å². The van der Waals surface area contributed by atoms with E-state index in [0.29, 0.717) is 43.5 Å². The molecular weight excluding hydrogens is 466 g/mol. The Balaban J connectivity index is 1.21. The second-order valence-corrected chi connectivity index (χ2v) is 11.5. The predicted molar refractivity (Wildman–Crippen MR) is 131 cm³/mol. The number of fused-ring (bicyclic) bond motifs is 3. The number of nitriles is 1. The van der Waals surface area contributed by atoms with Gasteiger partial charge in [-0.15, -0.1) is 0 Å². The van der Waals surface area contributed by atoms with Crippen LogP contribution in [0.15, 0.2) is 30.3 Å². The van der Waals surface area contributed by atoms with Gasteiger partial charge in [-0.05, 0) is 44.7 Å². The Labute approximate surface area is 203 Å². The van der Waals surface area contributed by atoms with Crippen LogP contribution in [0, 0.1) is 24.2 Å². The van der Waals surface area contributed by atoms with Crippen LogP contribution in [0.4, 0.5) is 17.6 Å². The molecule has 2 aromatic heterocycles. The molecule has 3 aliphatic heterocycles. The van der Waals surface area contributed by atoms with Crippen molar-refractivity contribution in [2.45, 2.75) is 50.7 Å². The highest BCUT2D eigenvalue weighted by atomic mass is 32.2. The zero-order valence-electron chi connectivity index (χ0n) is 19.3. The number of para-hydroxylation sites is 1. The van der Waals surface area contributed by atoms with Crippen LogP contribution in [-0.4, -0.2) is 68.4 Å². The molecule has 1 unspecified atom stereocenters. The monoisotopic (exact) mass is 493 g/mol. The van der Waals surface area contributed by atoms with Crippen LogP contribution in [0.5, 0.6) is 0 Å². The summed E-state index contributed by atoms with van der Waals surface area (Å²) in [5.74, 6) is 1.66. The van der Waals surface area contributed by atoms with Gasteiger partial charge in [0.15, 0.2) is 5.82 Å². The first-order valence-electron chi connectivity index (χ1n) is 11.9. The first-order chi connectivity index (χ1) is 16.9. The van der Waals surface area contributed by atoms with E-state index in [1.165, 1.54) is 4.31 Å². The molecule has 5 heterocycles. The van der Waals surface area contributed by atoms with Crippen LogP contribution in [0.3, 0.4) is 0 Å². The molecule has 3 aromatic rings. The Morgan fingerprint density at radius 3 is 2.57 bits per heavy atom. The van der Waals surface area contributed by atoms with Gasteiger partial charge in [0, 0.05) is 48.4 Å². The van der Waals surface area contributed by atoms with Gasteiger partial charge in [-0.2, -0.15) is 32.4 Å². The molecule has 3 fully saturated rings. The Morgan fingerprint density at radius 2 is 1.89 bits per heavy atom. The van der Waals surface area contributed by atoms with Crippen LogP contribution < -0.4 is 10.6 Å². The lowest BCUT2D eigenvalue weighted by atomic mass is 10.00. The number of piperidine rings is 1. The van der Waals surface area contributed by atoms with Gasteiger partial charge in [0.05, 0.1) is 17.5 Å². The second-order valence-electron chi connectivity index (χ2n) is 9.65. The quantitative estimate of drug-likeness (QED) is 0.475. The largest absolute Gasteiger partial charge is 0.351 e. The summed E-state index contributed by atoms with van der Waals surface area (Å²) in [4.78, 5) is 9.47. The highest BCUT2D eigenvalue weighted by Crippen LogP contribution is 2.40. The molecule has 35 heavy (non-hydrogen) atoms. The van der Waals surface area contributed by atoms with Crippen molar-refractivity contribution in [1.82, 2.24) is 28.8 Å². The minimum absolute atomic E-state index is 0.0533. The molecule has 1 aromatic carbocycles. The van der Waals surface area contributed by atoms with Gasteiger partial charge in [-0.25, -0.2) is 4.98 Å². The Kier molecular flexibility index (Phi) is 5.36. The molecule has 6 rings (SSSR count). The first-order valence-corrected chi connectivity index (χ1v) is 13.3. The standard InChI is InChI=1S/C23H27N9O2S/c1-14-8-21(30-29-14)27-22-19-4-2-3-5-20(19)26-23(28-22)25-16-9-17-6-7-18(10-16)32(17)35(33,34)31-12-15(11-24)13-31/h2-5,8,15-18H,6-7,9-10,12-13H2,1H3,(H3,25,26,27,28,29,30)/t16?,17-,18+. The van der Waals surface area contributed by atoms with Gasteiger partial charge in [0.25, 0.3) is 10.2 Å². The van der Waals surface area contributed by atoms with Crippen LogP contribution in [-0.2, 0) is 10.2 Å². The van der Waals surface area contributed by atoms with E-state index < -0.39 is 10.2 Å². The number of hydrogen-bond acceptors (Lipinski definition) is 8. The SMILES string of the molecule is Cc1cc(Nc2nc(NC3C[C@H]4CC[C@@H](C3)N4S(=O)(=O)N3CC(C#N)C3)nc3ccccc23)n[nH]1. The lowest BCUT2D eigenvalue weighted by Crippen LogP contribution is -2.59. The maximum absolute atomic E-state index is 13.2. The second kappa shape index (κ2) is 8.44. The van der Waals surface area contributed by atoms with Crippen LogP contribution >= 0.6 is 0 Å². The molecule has 182 valence electrons. The van der Waals surface area contributed by atoms with Gasteiger partial charge in [-0.1, -0.05) is 12.1 Å². The van der Waals surface area contributed by atoms with Crippen molar-refractivity contribution in [2.75, 3.05) is 23.7 Å². The average molecular weight is 494 g/mol. The minimum atomic E-state index is -3.53. The van der Waals surface area contributed by atoms with Crippen molar-refractivity contribution in [3.05, 3.63) is 36.0 Å². The number of nitrogens with zero attached hydrogens (tertiary/aromatic N) is 6. The summed E-state index contributed by atoms with van der Waals surface area (Å²) in [6, 6.07) is 11.8. The molecule has 12 heteroatoms. The maximum atomic E-state index is 13.2. The lowest BCUT2D eigenvalue weighted by Gasteiger charge is -2.43. The highest BCUT2D eigenvalue weighted by molar-refractivity contribution is 7.86. The predicted octanol–water partition coefficient (Wildman–Crippen LogP) is 2.51. The highest BCUT2D eigenvalue weighted by Gasteiger charge is 2.51. The smallest absolute Gasteiger partial charge is 0.282 e. The van der Waals surface area contributed by atoms with E-state index in [4.69, 9.17) is 15.2 Å². The number of benzene rings is 1. The van der Waals surface area contributed by atoms with Crippen molar-refractivity contribution < 1.29 is 8.42 Å². The molecule has 3 aliphatic rings. The number of aromatic nitrogens is 4. The number of nitrogens with one attached hydrogen (secondary N) is 3. The van der Waals surface area contributed by atoms with Crippen molar-refractivity contribution >= 4 is 38.7 Å². The fraction of sp³-hybridized carbons (Fsp3) is 0.478. The fourth-order valence-electron chi connectivity index (χ4n) is 5.49. The summed E-state index contributed by atoms with van der Waals surface area (Å²) in [5, 5.41) is 23.9. The normalized spacial score (nSPS) is 25.3. The summed E-state index contributed by atoms with van der Waals surface area (Å²) < 4.78 is 29.6. The van der Waals surface area contributed by atoms with E-state index in [1.54, 1.807) is 4.31 Å². The van der Waals surface area contributed by atoms with Crippen molar-refractivity contribution in [2.24, 2.45) is 5.92 Å². The third-order valence-corrected chi connectivity index (χ3v) is 9.26. The molecule has 0 amide bonds. The van der Waals surface area contributed by atoms with Gasteiger partial charge >= 0.3 is 0 Å². The molecule has 3 atom stereocenters. The number of anilines is 3. The third-order valence-electron chi connectivity index (χ3n) is 7.18. The van der Waals surface area contributed by atoms with Crippen molar-refractivity contribution in [3.63, 3.8) is 0 Å². The van der Waals surface area contributed by atoms with Gasteiger partial charge in [0.2, 0.25) is 5.95 Å². The minimum Gasteiger partial charge on any atom is -0.351 e. The maximum Gasteiger partial charge on any atom is 0.282 e. The molecule has 0 saturated carbocycles. The van der Waals surface area contributed by atoms with Crippen molar-refractivity contribution in [3.8, 4) is 6.07 Å². The van der Waals surface area contributed by atoms with Crippen LogP contribution in [0.2, 0.25) is 0 Å². The van der Waals surface area contributed by atoms with Gasteiger partial charge < -0.3 is 10.6 Å². The van der Waals surface area contributed by atoms with Crippen LogP contribution in [0.1, 0.15) is 31.4 Å². The van der Waals surface area contributed by atoms with E-state index in [0.717, 1.165) is 29.4 Å². The number of aryl methyl sites for hydroxylation is 1. The Morgan fingerprint density at radius 1 is 1.14 bits per heavy atom. The Hall–Kier alpha value is -3.27. The fourth-order valence-corrected chi connectivity index (χ4v) is 7.63. The van der Waals surface area contributed by atoms with Gasteiger partial charge in [-0.3, -0.25) is 5.10 Å². The van der Waals surface area contributed by atoms with E-state index in [1.807, 2.05) is 37.3 Å². The summed E-state index contributed by atoms with van der Waals surface area (Å²) in [6.45, 7) is 2.54. The van der Waals surface area contributed by atoms with Gasteiger partial charge in [0.1, 0.15) is 5.82 Å². The molecule has 3 N–H and O–H groups in total. The number of hydrogen-bond donors (Lipinski definition) is 3. The third kappa shape index (κ3) is 3.99. The number of rotatable bonds is 6. The summed E-state index contributed by atoms with van der Waals surface area (Å²) in [7, 11) is -3.53. The zero-order valence-corrected chi connectivity index (χ0v) is 20.2. The summed E-state index contributed by atoms with van der Waals surface area (Å²) in [5.41, 5.74) is 1.76. The topological polar surface area (TPSA) is 143 Å². The summed E-state index contributed by atoms with van der Waals surface area (Å²) >= 11 is 0. The Bertz CT molecular complexity index is 1400. The molecule has 0 radical (unpaired) electrons. The molecule has 3 saturated heterocycles. The molecule has 11 nitrogen and oxygen atoms in total.